The number of rotatable bonds is 6. The standard InChI is InChI=1S/C20H28N2O2/c1-14-9-8-12-20(3,4)18(14)17(23)13-15(2)21-22-19(24)16-10-6-5-7-11-16/h5-11,14-15,18,21H,12-13H2,1-4H3,(H,22,24)/t14-,15-,18-/m0/s1. The van der Waals surface area contributed by atoms with Crippen LogP contribution >= 0.6 is 0 Å². The van der Waals surface area contributed by atoms with Crippen molar-refractivity contribution in [3.63, 3.8) is 0 Å². The molecule has 4 nitrogen and oxygen atoms in total. The summed E-state index contributed by atoms with van der Waals surface area (Å²) in [6, 6.07) is 8.91. The highest BCUT2D eigenvalue weighted by Gasteiger charge is 2.39. The van der Waals surface area contributed by atoms with Crippen molar-refractivity contribution in [2.24, 2.45) is 17.3 Å². The van der Waals surface area contributed by atoms with Crippen molar-refractivity contribution in [2.45, 2.75) is 46.6 Å². The van der Waals surface area contributed by atoms with E-state index in [1.165, 1.54) is 0 Å². The third kappa shape index (κ3) is 4.54. The normalized spacial score (nSPS) is 23.5. The Hall–Kier alpha value is -1.94. The second-order valence-corrected chi connectivity index (χ2v) is 7.49. The lowest BCUT2D eigenvalue weighted by Crippen LogP contribution is -2.46. The molecule has 0 aliphatic heterocycles. The molecule has 4 heteroatoms. The summed E-state index contributed by atoms with van der Waals surface area (Å²) in [6.45, 7) is 8.34. The van der Waals surface area contributed by atoms with Crippen molar-refractivity contribution in [1.82, 2.24) is 10.9 Å². The molecule has 2 rings (SSSR count). The van der Waals surface area contributed by atoms with Gasteiger partial charge in [0.2, 0.25) is 0 Å². The van der Waals surface area contributed by atoms with E-state index in [4.69, 9.17) is 0 Å². The van der Waals surface area contributed by atoms with Crippen LogP contribution in [0.15, 0.2) is 42.5 Å². The highest BCUT2D eigenvalue weighted by Crippen LogP contribution is 2.41. The first-order chi connectivity index (χ1) is 11.3. The molecule has 130 valence electrons. The molecule has 2 N–H and O–H groups in total. The minimum Gasteiger partial charge on any atom is -0.299 e. The van der Waals surface area contributed by atoms with Crippen LogP contribution in [-0.2, 0) is 4.79 Å². The minimum absolute atomic E-state index is 0.0156. The number of hydrogen-bond donors (Lipinski definition) is 2. The second kappa shape index (κ2) is 7.75. The maximum atomic E-state index is 12.8. The molecule has 0 fully saturated rings. The van der Waals surface area contributed by atoms with Gasteiger partial charge < -0.3 is 0 Å². The molecular formula is C20H28N2O2. The van der Waals surface area contributed by atoms with Gasteiger partial charge >= 0.3 is 0 Å². The first-order valence-corrected chi connectivity index (χ1v) is 8.61. The third-order valence-electron chi connectivity index (χ3n) is 4.77. The number of hydrogen-bond acceptors (Lipinski definition) is 3. The van der Waals surface area contributed by atoms with Gasteiger partial charge in [-0.2, -0.15) is 0 Å². The Bertz CT molecular complexity index is 607. The Morgan fingerprint density at radius 3 is 2.54 bits per heavy atom. The van der Waals surface area contributed by atoms with Crippen LogP contribution in [0.1, 0.15) is 50.9 Å². The topological polar surface area (TPSA) is 58.2 Å². The number of amides is 1. The van der Waals surface area contributed by atoms with E-state index < -0.39 is 0 Å². The molecule has 1 aliphatic carbocycles. The van der Waals surface area contributed by atoms with E-state index in [1.807, 2.05) is 25.1 Å². The molecule has 0 aromatic heterocycles. The molecule has 1 aromatic carbocycles. The lowest BCUT2D eigenvalue weighted by Gasteiger charge is -2.39. The van der Waals surface area contributed by atoms with Crippen molar-refractivity contribution in [3.05, 3.63) is 48.0 Å². The van der Waals surface area contributed by atoms with Gasteiger partial charge in [0.25, 0.3) is 5.91 Å². The van der Waals surface area contributed by atoms with E-state index in [0.29, 0.717) is 12.0 Å². The average molecular weight is 328 g/mol. The number of allylic oxidation sites excluding steroid dienone is 2. The molecule has 1 aromatic rings. The van der Waals surface area contributed by atoms with Crippen LogP contribution in [-0.4, -0.2) is 17.7 Å². The van der Waals surface area contributed by atoms with Crippen molar-refractivity contribution in [1.29, 1.82) is 0 Å². The van der Waals surface area contributed by atoms with Gasteiger partial charge in [-0.1, -0.05) is 51.1 Å². The predicted molar refractivity (Wildman–Crippen MR) is 96.3 cm³/mol. The Kier molecular flexibility index (Phi) is 5.94. The Balaban J connectivity index is 1.88. The summed E-state index contributed by atoms with van der Waals surface area (Å²) in [5.41, 5.74) is 6.22. The second-order valence-electron chi connectivity index (χ2n) is 7.49. The molecule has 1 aliphatic rings. The summed E-state index contributed by atoms with van der Waals surface area (Å²) in [6.07, 6.45) is 5.65. The molecular weight excluding hydrogens is 300 g/mol. The molecule has 0 bridgehead atoms. The van der Waals surface area contributed by atoms with E-state index in [9.17, 15) is 9.59 Å². The van der Waals surface area contributed by atoms with Crippen molar-refractivity contribution < 1.29 is 9.59 Å². The third-order valence-corrected chi connectivity index (χ3v) is 4.77. The van der Waals surface area contributed by atoms with E-state index in [-0.39, 0.29) is 35.0 Å². The zero-order chi connectivity index (χ0) is 17.7. The van der Waals surface area contributed by atoms with Gasteiger partial charge in [0.05, 0.1) is 0 Å². The van der Waals surface area contributed by atoms with Crippen LogP contribution in [0.2, 0.25) is 0 Å². The monoisotopic (exact) mass is 328 g/mol. The first-order valence-electron chi connectivity index (χ1n) is 8.61. The quantitative estimate of drug-likeness (QED) is 0.620. The summed E-state index contributed by atoms with van der Waals surface area (Å²) in [7, 11) is 0. The number of carbonyl (C=O) groups excluding carboxylic acids is 2. The molecule has 0 spiro atoms. The number of benzene rings is 1. The van der Waals surface area contributed by atoms with Gasteiger partial charge in [0.15, 0.2) is 0 Å². The SMILES string of the molecule is C[C@@H](CC(=O)[C@@H]1[C@@H](C)C=CCC1(C)C)NNC(=O)c1ccccc1. The molecule has 24 heavy (non-hydrogen) atoms. The fourth-order valence-electron chi connectivity index (χ4n) is 3.60. The maximum Gasteiger partial charge on any atom is 0.265 e. The van der Waals surface area contributed by atoms with Gasteiger partial charge in [-0.25, -0.2) is 5.43 Å². The van der Waals surface area contributed by atoms with Crippen LogP contribution in [0, 0.1) is 17.3 Å². The summed E-state index contributed by atoms with van der Waals surface area (Å²) >= 11 is 0. The fourth-order valence-corrected chi connectivity index (χ4v) is 3.60. The fraction of sp³-hybridized carbons (Fsp3) is 0.500. The van der Waals surface area contributed by atoms with Crippen molar-refractivity contribution in [3.8, 4) is 0 Å². The van der Waals surface area contributed by atoms with E-state index in [1.54, 1.807) is 12.1 Å². The molecule has 0 radical (unpaired) electrons. The van der Waals surface area contributed by atoms with Gasteiger partial charge in [-0.3, -0.25) is 15.0 Å². The van der Waals surface area contributed by atoms with Gasteiger partial charge in [0, 0.05) is 23.9 Å². The Morgan fingerprint density at radius 2 is 1.92 bits per heavy atom. The largest absolute Gasteiger partial charge is 0.299 e. The molecule has 1 amide bonds. The number of hydrazine groups is 1. The average Bonchev–Trinajstić information content (AvgIpc) is 2.52. The van der Waals surface area contributed by atoms with Gasteiger partial charge in [0.1, 0.15) is 5.78 Å². The number of carbonyl (C=O) groups is 2. The molecule has 0 heterocycles. The van der Waals surface area contributed by atoms with E-state index in [2.05, 4.69) is 43.8 Å². The van der Waals surface area contributed by atoms with Crippen LogP contribution in [0.25, 0.3) is 0 Å². The summed E-state index contributed by atoms with van der Waals surface area (Å²) in [5.74, 6) is 0.346. The summed E-state index contributed by atoms with van der Waals surface area (Å²) in [5, 5.41) is 0. The Morgan fingerprint density at radius 1 is 1.25 bits per heavy atom. The lowest BCUT2D eigenvalue weighted by molar-refractivity contribution is -0.128. The van der Waals surface area contributed by atoms with Crippen LogP contribution in [0.4, 0.5) is 0 Å². The molecule has 3 atom stereocenters. The van der Waals surface area contributed by atoms with Crippen molar-refractivity contribution >= 4 is 11.7 Å². The number of Topliss-reactive ketones (excluding diaryl/α,β-unsaturated/α-hetero) is 1. The van der Waals surface area contributed by atoms with Gasteiger partial charge in [-0.05, 0) is 36.8 Å². The smallest absolute Gasteiger partial charge is 0.265 e. The van der Waals surface area contributed by atoms with Gasteiger partial charge in [-0.15, -0.1) is 0 Å². The number of ketones is 1. The Labute approximate surface area is 144 Å². The van der Waals surface area contributed by atoms with Crippen molar-refractivity contribution in [2.75, 3.05) is 0 Å². The van der Waals surface area contributed by atoms with Crippen LogP contribution < -0.4 is 10.9 Å². The lowest BCUT2D eigenvalue weighted by atomic mass is 9.65. The maximum absolute atomic E-state index is 12.8. The highest BCUT2D eigenvalue weighted by molar-refractivity contribution is 5.93. The molecule has 0 unspecified atom stereocenters. The van der Waals surface area contributed by atoms with Crippen LogP contribution in [0.5, 0.6) is 0 Å². The zero-order valence-electron chi connectivity index (χ0n) is 15.0. The van der Waals surface area contributed by atoms with E-state index in [0.717, 1.165) is 6.42 Å². The first kappa shape index (κ1) is 18.4. The summed E-state index contributed by atoms with van der Waals surface area (Å²) < 4.78 is 0. The zero-order valence-corrected chi connectivity index (χ0v) is 15.0. The predicted octanol–water partition coefficient (Wildman–Crippen LogP) is 3.51. The molecule has 0 saturated carbocycles. The van der Waals surface area contributed by atoms with Crippen LogP contribution in [0.3, 0.4) is 0 Å². The molecule has 0 saturated heterocycles. The van der Waals surface area contributed by atoms with E-state index >= 15 is 0 Å². The minimum atomic E-state index is -0.191. The highest BCUT2D eigenvalue weighted by atomic mass is 16.2. The number of nitrogens with one attached hydrogen (secondary N) is 2. The summed E-state index contributed by atoms with van der Waals surface area (Å²) in [4.78, 5) is 24.8.